The minimum absolute atomic E-state index is 0.323. The molecular formula is C20H18N2O3. The third-order valence-electron chi connectivity index (χ3n) is 4.22. The van der Waals surface area contributed by atoms with Gasteiger partial charge in [-0.2, -0.15) is 0 Å². The molecule has 0 radical (unpaired) electrons. The molecule has 1 N–H and O–H groups in total. The highest BCUT2D eigenvalue weighted by Gasteiger charge is 2.16. The standard InChI is InChI=1S/C20H18N2O3/c1-12-10-15(11-17(13(12)2)20(24)25-3)22-19(23)18-16-7-5-4-6-14(16)8-9-21-18/h4-11H,1-3H3,(H,22,23). The number of nitrogens with one attached hydrogen (secondary N) is 1. The van der Waals surface area contributed by atoms with Crippen LogP contribution in [0.2, 0.25) is 0 Å². The Bertz CT molecular complexity index is 975. The minimum atomic E-state index is -0.431. The summed E-state index contributed by atoms with van der Waals surface area (Å²) < 4.78 is 4.81. The molecule has 0 bridgehead atoms. The van der Waals surface area contributed by atoms with Gasteiger partial charge in [-0.1, -0.05) is 24.3 Å². The molecule has 0 aliphatic heterocycles. The summed E-state index contributed by atoms with van der Waals surface area (Å²) >= 11 is 0. The van der Waals surface area contributed by atoms with Gasteiger partial charge in [-0.15, -0.1) is 0 Å². The van der Waals surface area contributed by atoms with Crippen LogP contribution in [0.3, 0.4) is 0 Å². The molecule has 0 spiro atoms. The molecular weight excluding hydrogens is 316 g/mol. The van der Waals surface area contributed by atoms with E-state index in [-0.39, 0.29) is 5.91 Å². The van der Waals surface area contributed by atoms with E-state index in [1.807, 2.05) is 50.2 Å². The zero-order valence-electron chi connectivity index (χ0n) is 14.3. The lowest BCUT2D eigenvalue weighted by Gasteiger charge is -2.12. The predicted molar refractivity (Wildman–Crippen MR) is 97.0 cm³/mol. The summed E-state index contributed by atoms with van der Waals surface area (Å²) in [5.41, 5.74) is 3.03. The number of fused-ring (bicyclic) bond motifs is 1. The van der Waals surface area contributed by atoms with Crippen LogP contribution in [0.25, 0.3) is 10.8 Å². The zero-order chi connectivity index (χ0) is 18.0. The first-order valence-electron chi connectivity index (χ1n) is 7.86. The van der Waals surface area contributed by atoms with Crippen molar-refractivity contribution in [2.24, 2.45) is 0 Å². The minimum Gasteiger partial charge on any atom is -0.465 e. The van der Waals surface area contributed by atoms with E-state index in [1.54, 1.807) is 12.3 Å². The van der Waals surface area contributed by atoms with Crippen LogP contribution >= 0.6 is 0 Å². The number of amides is 1. The first-order chi connectivity index (χ1) is 12.0. The van der Waals surface area contributed by atoms with Crippen LogP contribution in [0.5, 0.6) is 0 Å². The molecule has 25 heavy (non-hydrogen) atoms. The number of aromatic nitrogens is 1. The van der Waals surface area contributed by atoms with E-state index < -0.39 is 5.97 Å². The maximum Gasteiger partial charge on any atom is 0.338 e. The summed E-state index contributed by atoms with van der Waals surface area (Å²) in [5, 5.41) is 4.55. The van der Waals surface area contributed by atoms with Gasteiger partial charge in [0.2, 0.25) is 0 Å². The molecule has 3 rings (SSSR count). The zero-order valence-corrected chi connectivity index (χ0v) is 14.3. The van der Waals surface area contributed by atoms with Crippen LogP contribution < -0.4 is 5.32 Å². The van der Waals surface area contributed by atoms with Gasteiger partial charge < -0.3 is 10.1 Å². The number of methoxy groups -OCH3 is 1. The third kappa shape index (κ3) is 3.21. The maximum atomic E-state index is 12.7. The van der Waals surface area contributed by atoms with Crippen LogP contribution in [0.4, 0.5) is 5.69 Å². The van der Waals surface area contributed by atoms with E-state index >= 15 is 0 Å². The molecule has 0 aliphatic rings. The summed E-state index contributed by atoms with van der Waals surface area (Å²) in [6, 6.07) is 12.9. The molecule has 5 nitrogen and oxygen atoms in total. The number of carbonyl (C=O) groups is 2. The van der Waals surface area contributed by atoms with E-state index in [0.29, 0.717) is 16.9 Å². The van der Waals surface area contributed by atoms with Crippen LogP contribution in [0.15, 0.2) is 48.7 Å². The van der Waals surface area contributed by atoms with Gasteiger partial charge in [0.1, 0.15) is 5.69 Å². The van der Waals surface area contributed by atoms with Crippen LogP contribution in [-0.4, -0.2) is 24.0 Å². The number of nitrogens with zero attached hydrogens (tertiary/aromatic N) is 1. The molecule has 0 fully saturated rings. The Morgan fingerprint density at radius 2 is 1.84 bits per heavy atom. The Morgan fingerprint density at radius 1 is 1.08 bits per heavy atom. The van der Waals surface area contributed by atoms with Crippen molar-refractivity contribution >= 4 is 28.3 Å². The van der Waals surface area contributed by atoms with Crippen molar-refractivity contribution in [2.75, 3.05) is 12.4 Å². The summed E-state index contributed by atoms with van der Waals surface area (Å²) in [4.78, 5) is 28.8. The third-order valence-corrected chi connectivity index (χ3v) is 4.22. The highest BCUT2D eigenvalue weighted by atomic mass is 16.5. The fraction of sp³-hybridized carbons (Fsp3) is 0.150. The smallest absolute Gasteiger partial charge is 0.338 e. The van der Waals surface area contributed by atoms with Gasteiger partial charge in [-0.25, -0.2) is 4.79 Å². The first kappa shape index (κ1) is 16.6. The van der Waals surface area contributed by atoms with Crippen LogP contribution in [-0.2, 0) is 4.74 Å². The second kappa shape index (κ2) is 6.73. The predicted octanol–water partition coefficient (Wildman–Crippen LogP) is 3.89. The van der Waals surface area contributed by atoms with Gasteiger partial charge in [-0.05, 0) is 48.6 Å². The van der Waals surface area contributed by atoms with Crippen molar-refractivity contribution in [3.63, 3.8) is 0 Å². The van der Waals surface area contributed by atoms with E-state index in [9.17, 15) is 9.59 Å². The number of aryl methyl sites for hydroxylation is 1. The lowest BCUT2D eigenvalue weighted by Crippen LogP contribution is -2.15. The quantitative estimate of drug-likeness (QED) is 0.738. The Kier molecular flexibility index (Phi) is 4.48. The molecule has 1 aromatic heterocycles. The molecule has 3 aromatic rings. The SMILES string of the molecule is COC(=O)c1cc(NC(=O)c2nccc3ccccc23)cc(C)c1C. The fourth-order valence-corrected chi connectivity index (χ4v) is 2.74. The highest BCUT2D eigenvalue weighted by Crippen LogP contribution is 2.22. The Morgan fingerprint density at radius 3 is 2.60 bits per heavy atom. The number of anilines is 1. The Labute approximate surface area is 145 Å². The van der Waals surface area contributed by atoms with Gasteiger partial charge in [0, 0.05) is 17.3 Å². The molecule has 0 saturated heterocycles. The number of rotatable bonds is 3. The van der Waals surface area contributed by atoms with Gasteiger partial charge in [0.15, 0.2) is 0 Å². The van der Waals surface area contributed by atoms with Crippen molar-refractivity contribution in [2.45, 2.75) is 13.8 Å². The molecule has 0 aliphatic carbocycles. The van der Waals surface area contributed by atoms with E-state index in [1.165, 1.54) is 7.11 Å². The fourth-order valence-electron chi connectivity index (χ4n) is 2.74. The number of carbonyl (C=O) groups excluding carboxylic acids is 2. The van der Waals surface area contributed by atoms with Crippen molar-refractivity contribution in [3.8, 4) is 0 Å². The first-order valence-corrected chi connectivity index (χ1v) is 7.86. The lowest BCUT2D eigenvalue weighted by molar-refractivity contribution is 0.0599. The molecule has 126 valence electrons. The number of esters is 1. The average molecular weight is 334 g/mol. The molecule has 1 amide bonds. The largest absolute Gasteiger partial charge is 0.465 e. The molecule has 0 atom stereocenters. The lowest BCUT2D eigenvalue weighted by atomic mass is 10.0. The van der Waals surface area contributed by atoms with Crippen molar-refractivity contribution in [1.82, 2.24) is 4.98 Å². The summed E-state index contributed by atoms with van der Waals surface area (Å²) in [7, 11) is 1.34. The normalized spacial score (nSPS) is 10.5. The van der Waals surface area contributed by atoms with Gasteiger partial charge in [0.05, 0.1) is 12.7 Å². The Balaban J connectivity index is 1.98. The molecule has 1 heterocycles. The summed E-state index contributed by atoms with van der Waals surface area (Å²) in [6.07, 6.45) is 1.61. The van der Waals surface area contributed by atoms with E-state index in [2.05, 4.69) is 10.3 Å². The highest BCUT2D eigenvalue weighted by molar-refractivity contribution is 6.11. The summed E-state index contributed by atoms with van der Waals surface area (Å²) in [6.45, 7) is 3.73. The maximum absolute atomic E-state index is 12.7. The van der Waals surface area contributed by atoms with Gasteiger partial charge in [-0.3, -0.25) is 9.78 Å². The number of pyridine rings is 1. The second-order valence-electron chi connectivity index (χ2n) is 5.79. The molecule has 5 heteroatoms. The summed E-state index contributed by atoms with van der Waals surface area (Å²) in [5.74, 6) is -0.754. The van der Waals surface area contributed by atoms with Crippen LogP contribution in [0.1, 0.15) is 32.0 Å². The van der Waals surface area contributed by atoms with Gasteiger partial charge >= 0.3 is 5.97 Å². The molecule has 0 saturated carbocycles. The topological polar surface area (TPSA) is 68.3 Å². The van der Waals surface area contributed by atoms with E-state index in [0.717, 1.165) is 21.9 Å². The number of ether oxygens (including phenoxy) is 1. The Hall–Kier alpha value is -3.21. The number of hydrogen-bond acceptors (Lipinski definition) is 4. The molecule has 2 aromatic carbocycles. The number of benzene rings is 2. The van der Waals surface area contributed by atoms with Crippen molar-refractivity contribution in [3.05, 3.63) is 71.0 Å². The van der Waals surface area contributed by atoms with Gasteiger partial charge in [0.25, 0.3) is 5.91 Å². The van der Waals surface area contributed by atoms with Crippen LogP contribution in [0, 0.1) is 13.8 Å². The van der Waals surface area contributed by atoms with Crippen molar-refractivity contribution < 1.29 is 14.3 Å². The molecule has 0 unspecified atom stereocenters. The second-order valence-corrected chi connectivity index (χ2v) is 5.79. The average Bonchev–Trinajstić information content (AvgIpc) is 2.63. The van der Waals surface area contributed by atoms with E-state index in [4.69, 9.17) is 4.74 Å². The number of hydrogen-bond donors (Lipinski definition) is 1. The van der Waals surface area contributed by atoms with Crippen molar-refractivity contribution in [1.29, 1.82) is 0 Å². The monoisotopic (exact) mass is 334 g/mol.